The third-order valence-corrected chi connectivity index (χ3v) is 4.26. The van der Waals surface area contributed by atoms with E-state index in [1.54, 1.807) is 34.6 Å². The van der Waals surface area contributed by atoms with Gasteiger partial charge in [0.1, 0.15) is 17.2 Å². The number of benzene rings is 1. The number of rotatable bonds is 5. The smallest absolute Gasteiger partial charge is 0.428 e. The van der Waals surface area contributed by atoms with Gasteiger partial charge in [0, 0.05) is 30.0 Å². The van der Waals surface area contributed by atoms with Crippen molar-refractivity contribution in [3.05, 3.63) is 28.0 Å². The summed E-state index contributed by atoms with van der Waals surface area (Å²) in [5.41, 5.74) is 2.65. The second kappa shape index (κ2) is 8.77. The molecule has 1 aliphatic rings. The first-order valence-corrected chi connectivity index (χ1v) is 9.36. The average molecular weight is 414 g/mol. The van der Waals surface area contributed by atoms with E-state index >= 15 is 0 Å². The predicted molar refractivity (Wildman–Crippen MR) is 105 cm³/mol. The highest BCUT2D eigenvalue weighted by molar-refractivity contribution is 6.31. The second-order valence-electron chi connectivity index (χ2n) is 7.41. The number of nitrogens with zero attached hydrogens (tertiary/aromatic N) is 1. The Morgan fingerprint density at radius 3 is 2.68 bits per heavy atom. The first-order chi connectivity index (χ1) is 13.0. The number of carbonyl (C=O) groups excluding carboxylic acids is 2. The minimum Gasteiger partial charge on any atom is -0.493 e. The fourth-order valence-corrected chi connectivity index (χ4v) is 3.07. The normalized spacial score (nSPS) is 17.3. The van der Waals surface area contributed by atoms with Crippen molar-refractivity contribution in [3.63, 3.8) is 0 Å². The van der Waals surface area contributed by atoms with Crippen LogP contribution in [0.25, 0.3) is 0 Å². The Morgan fingerprint density at radius 1 is 1.46 bits per heavy atom. The topological polar surface area (TPSA) is 89.0 Å². The largest absolute Gasteiger partial charge is 0.493 e. The van der Waals surface area contributed by atoms with Gasteiger partial charge in [-0.05, 0) is 40.7 Å². The second-order valence-corrected chi connectivity index (χ2v) is 7.82. The van der Waals surface area contributed by atoms with Gasteiger partial charge in [0.2, 0.25) is 5.91 Å². The first kappa shape index (κ1) is 21.9. The zero-order valence-electron chi connectivity index (χ0n) is 16.6. The van der Waals surface area contributed by atoms with Gasteiger partial charge in [-0.15, -0.1) is 0 Å². The fraction of sp³-hybridized carbons (Fsp3) is 0.526. The van der Waals surface area contributed by atoms with Crippen LogP contribution in [0.2, 0.25) is 5.02 Å². The third kappa shape index (κ3) is 5.34. The van der Waals surface area contributed by atoms with Gasteiger partial charge in [0.15, 0.2) is 0 Å². The first-order valence-electron chi connectivity index (χ1n) is 8.98. The lowest BCUT2D eigenvalue weighted by Crippen LogP contribution is -2.30. The van der Waals surface area contributed by atoms with Crippen molar-refractivity contribution in [1.82, 2.24) is 10.7 Å². The van der Waals surface area contributed by atoms with E-state index in [-0.39, 0.29) is 35.3 Å². The number of nitrogens with one attached hydrogen (secondary N) is 2. The summed E-state index contributed by atoms with van der Waals surface area (Å²) in [6.45, 7) is 9.18. The van der Waals surface area contributed by atoms with Crippen molar-refractivity contribution in [2.75, 3.05) is 13.2 Å². The standard InChI is InChI=1S/C19H25ClFN3O4/c1-6-27-17-12(10(2)23-24-18(26)28-19(3,4)5)8-13(20)16(21)15(17)11-7-14(25)22-9-11/h8,11H,6-7,9H2,1-5H3,(H,22,25)(H,24,26)/b23-10-. The monoisotopic (exact) mass is 413 g/mol. The van der Waals surface area contributed by atoms with Crippen molar-refractivity contribution in [2.45, 2.75) is 52.6 Å². The number of hydrogen-bond acceptors (Lipinski definition) is 5. The summed E-state index contributed by atoms with van der Waals surface area (Å²) in [6.07, 6.45) is -0.577. The molecule has 1 atom stereocenters. The van der Waals surface area contributed by atoms with Crippen molar-refractivity contribution in [3.8, 4) is 5.75 Å². The zero-order chi connectivity index (χ0) is 21.1. The molecule has 0 saturated carbocycles. The maximum Gasteiger partial charge on any atom is 0.428 e. The molecule has 1 aromatic carbocycles. The zero-order valence-corrected chi connectivity index (χ0v) is 17.4. The lowest BCUT2D eigenvalue weighted by atomic mass is 9.93. The Kier molecular flexibility index (Phi) is 6.87. The molecule has 1 unspecified atom stereocenters. The summed E-state index contributed by atoms with van der Waals surface area (Å²) >= 11 is 6.10. The molecule has 0 bridgehead atoms. The molecule has 1 saturated heterocycles. The van der Waals surface area contributed by atoms with Gasteiger partial charge >= 0.3 is 6.09 Å². The Balaban J connectivity index is 2.42. The van der Waals surface area contributed by atoms with Gasteiger partial charge in [0.25, 0.3) is 0 Å². The molecule has 1 heterocycles. The van der Waals surface area contributed by atoms with E-state index in [0.717, 1.165) is 0 Å². The van der Waals surface area contributed by atoms with Crippen LogP contribution < -0.4 is 15.5 Å². The van der Waals surface area contributed by atoms with Crippen LogP contribution in [0.5, 0.6) is 5.75 Å². The average Bonchev–Trinajstić information content (AvgIpc) is 3.00. The molecule has 1 fully saturated rings. The number of ether oxygens (including phenoxy) is 2. The maximum atomic E-state index is 14.8. The molecule has 154 valence electrons. The van der Waals surface area contributed by atoms with Crippen molar-refractivity contribution in [1.29, 1.82) is 0 Å². The Bertz CT molecular complexity index is 805. The van der Waals surface area contributed by atoms with Gasteiger partial charge in [-0.1, -0.05) is 11.6 Å². The highest BCUT2D eigenvalue weighted by atomic mass is 35.5. The van der Waals surface area contributed by atoms with E-state index in [0.29, 0.717) is 17.8 Å². The van der Waals surface area contributed by atoms with E-state index in [2.05, 4.69) is 15.8 Å². The molecule has 0 spiro atoms. The van der Waals surface area contributed by atoms with Crippen LogP contribution in [-0.2, 0) is 9.53 Å². The molecule has 9 heteroatoms. The number of halogens is 2. The van der Waals surface area contributed by atoms with Gasteiger partial charge in [-0.2, -0.15) is 5.10 Å². The number of amides is 2. The highest BCUT2D eigenvalue weighted by Crippen LogP contribution is 2.39. The molecule has 1 aliphatic heterocycles. The summed E-state index contributed by atoms with van der Waals surface area (Å²) < 4.78 is 25.7. The van der Waals surface area contributed by atoms with Gasteiger partial charge in [0.05, 0.1) is 17.3 Å². The highest BCUT2D eigenvalue weighted by Gasteiger charge is 2.32. The molecule has 0 radical (unpaired) electrons. The van der Waals surface area contributed by atoms with Crippen molar-refractivity contribution < 1.29 is 23.5 Å². The van der Waals surface area contributed by atoms with Gasteiger partial charge < -0.3 is 14.8 Å². The molecule has 0 aromatic heterocycles. The van der Waals surface area contributed by atoms with Crippen LogP contribution >= 0.6 is 11.6 Å². The summed E-state index contributed by atoms with van der Waals surface area (Å²) in [5, 5.41) is 6.60. The minimum atomic E-state index is -0.719. The van der Waals surface area contributed by atoms with Gasteiger partial charge in [-0.25, -0.2) is 14.6 Å². The van der Waals surface area contributed by atoms with E-state index in [4.69, 9.17) is 21.1 Å². The van der Waals surface area contributed by atoms with Crippen LogP contribution in [0.15, 0.2) is 11.2 Å². The molecule has 28 heavy (non-hydrogen) atoms. The summed E-state index contributed by atoms with van der Waals surface area (Å²) in [6, 6.07) is 1.39. The SMILES string of the molecule is CCOc1c(/C(C)=N\NC(=O)OC(C)(C)C)cc(Cl)c(F)c1C1CNC(=O)C1. The van der Waals surface area contributed by atoms with Crippen LogP contribution in [0.4, 0.5) is 9.18 Å². The summed E-state index contributed by atoms with van der Waals surface area (Å²) in [5.74, 6) is -0.926. The number of hydrazone groups is 1. The Hall–Kier alpha value is -2.35. The summed E-state index contributed by atoms with van der Waals surface area (Å²) in [4.78, 5) is 23.4. The number of carbonyl (C=O) groups is 2. The predicted octanol–water partition coefficient (Wildman–Crippen LogP) is 3.73. The molecule has 2 N–H and O–H groups in total. The maximum absolute atomic E-state index is 14.8. The van der Waals surface area contributed by atoms with Crippen LogP contribution in [0, 0.1) is 5.82 Å². The van der Waals surface area contributed by atoms with Crippen molar-refractivity contribution in [2.24, 2.45) is 5.10 Å². The van der Waals surface area contributed by atoms with Crippen molar-refractivity contribution >= 4 is 29.3 Å². The Morgan fingerprint density at radius 2 is 2.14 bits per heavy atom. The molecule has 1 aromatic rings. The minimum absolute atomic E-state index is 0.111. The molecule has 2 amide bonds. The quantitative estimate of drug-likeness (QED) is 0.568. The van der Waals surface area contributed by atoms with Crippen LogP contribution in [0.3, 0.4) is 0 Å². The molecule has 7 nitrogen and oxygen atoms in total. The Labute approximate surface area is 168 Å². The molecular formula is C19H25ClFN3O4. The lowest BCUT2D eigenvalue weighted by Gasteiger charge is -2.20. The molecular weight excluding hydrogens is 389 g/mol. The van der Waals surface area contributed by atoms with E-state index < -0.39 is 23.4 Å². The third-order valence-electron chi connectivity index (χ3n) is 3.98. The van der Waals surface area contributed by atoms with E-state index in [1.165, 1.54) is 6.07 Å². The summed E-state index contributed by atoms with van der Waals surface area (Å²) in [7, 11) is 0. The van der Waals surface area contributed by atoms with Crippen LogP contribution in [-0.4, -0.2) is 36.5 Å². The molecule has 0 aliphatic carbocycles. The molecule has 2 rings (SSSR count). The van der Waals surface area contributed by atoms with E-state index in [1.807, 2.05) is 0 Å². The van der Waals surface area contributed by atoms with E-state index in [9.17, 15) is 14.0 Å². The van der Waals surface area contributed by atoms with Crippen LogP contribution in [0.1, 0.15) is 58.1 Å². The number of hydrogen-bond donors (Lipinski definition) is 2. The van der Waals surface area contributed by atoms with Gasteiger partial charge in [-0.3, -0.25) is 4.79 Å². The fourth-order valence-electron chi connectivity index (χ4n) is 2.86. The lowest BCUT2D eigenvalue weighted by molar-refractivity contribution is -0.119.